The van der Waals surface area contributed by atoms with Crippen LogP contribution in [0.2, 0.25) is 0 Å². The van der Waals surface area contributed by atoms with E-state index in [1.54, 1.807) is 30.3 Å². The monoisotopic (exact) mass is 373 g/mol. The largest absolute Gasteiger partial charge is 0.486 e. The molecule has 2 amide bonds. The van der Waals surface area contributed by atoms with Gasteiger partial charge in [0.15, 0.2) is 11.5 Å². The summed E-state index contributed by atoms with van der Waals surface area (Å²) < 4.78 is 10.8. The van der Waals surface area contributed by atoms with Gasteiger partial charge in [-0.3, -0.25) is 9.59 Å². The van der Waals surface area contributed by atoms with Gasteiger partial charge < -0.3 is 19.9 Å². The summed E-state index contributed by atoms with van der Waals surface area (Å²) in [6.07, 6.45) is 2.42. The van der Waals surface area contributed by atoms with E-state index in [4.69, 9.17) is 9.26 Å². The summed E-state index contributed by atoms with van der Waals surface area (Å²) in [7, 11) is 0. The first-order valence-corrected chi connectivity index (χ1v) is 9.24. The molecule has 1 heterocycles. The highest BCUT2D eigenvalue weighted by atomic mass is 16.5. The summed E-state index contributed by atoms with van der Waals surface area (Å²) in [5.41, 5.74) is 0.964. The minimum Gasteiger partial charge on any atom is -0.486 e. The second-order valence-corrected chi connectivity index (χ2v) is 6.75. The molecule has 0 unspecified atom stereocenters. The third-order valence-electron chi connectivity index (χ3n) is 3.72. The molecule has 0 radical (unpaired) electrons. The highest BCUT2D eigenvalue weighted by Gasteiger charge is 2.12. The lowest BCUT2D eigenvalue weighted by atomic mass is 10.1. The van der Waals surface area contributed by atoms with E-state index in [2.05, 4.69) is 22.7 Å². The van der Waals surface area contributed by atoms with Gasteiger partial charge in [0.25, 0.3) is 5.91 Å². The molecule has 0 aliphatic rings. The summed E-state index contributed by atoms with van der Waals surface area (Å²) in [4.78, 5) is 23.7. The fourth-order valence-electron chi connectivity index (χ4n) is 2.33. The summed E-state index contributed by atoms with van der Waals surface area (Å²) >= 11 is 0. The van der Waals surface area contributed by atoms with E-state index in [0.29, 0.717) is 30.4 Å². The van der Waals surface area contributed by atoms with E-state index in [0.717, 1.165) is 18.5 Å². The number of carbonyl (C=O) groups excluding carboxylic acids is 2. The predicted octanol–water partition coefficient (Wildman–Crippen LogP) is 3.77. The zero-order chi connectivity index (χ0) is 19.6. The van der Waals surface area contributed by atoms with E-state index < -0.39 is 0 Å². The molecule has 1 aromatic heterocycles. The molecule has 7 nitrogen and oxygen atoms in total. The second-order valence-electron chi connectivity index (χ2n) is 6.75. The standard InChI is InChI=1S/C20H27N3O4/c1-4-5-10-21-20(25)18-12-17(27-23-18)13-26-16-8-6-15(7-9-16)22-19(24)11-14(2)3/h6-9,12,14H,4-5,10-11,13H2,1-3H3,(H,21,25)(H,22,24). The highest BCUT2D eigenvalue weighted by molar-refractivity contribution is 5.92. The van der Waals surface area contributed by atoms with Crippen molar-refractivity contribution < 1.29 is 18.8 Å². The van der Waals surface area contributed by atoms with Crippen molar-refractivity contribution in [3.8, 4) is 5.75 Å². The van der Waals surface area contributed by atoms with Crippen molar-refractivity contribution in [3.05, 3.63) is 41.8 Å². The minimum atomic E-state index is -0.250. The Morgan fingerprint density at radius 1 is 1.22 bits per heavy atom. The molecule has 0 saturated heterocycles. The predicted molar refractivity (Wildman–Crippen MR) is 103 cm³/mol. The smallest absolute Gasteiger partial charge is 0.273 e. The number of carbonyl (C=O) groups is 2. The average Bonchev–Trinajstić information content (AvgIpc) is 3.10. The van der Waals surface area contributed by atoms with Crippen LogP contribution < -0.4 is 15.4 Å². The van der Waals surface area contributed by atoms with Gasteiger partial charge in [0, 0.05) is 24.7 Å². The molecule has 1 aromatic carbocycles. The van der Waals surface area contributed by atoms with E-state index in [-0.39, 0.29) is 24.1 Å². The molecule has 0 aliphatic carbocycles. The van der Waals surface area contributed by atoms with Gasteiger partial charge in [-0.1, -0.05) is 32.3 Å². The van der Waals surface area contributed by atoms with E-state index in [1.165, 1.54) is 0 Å². The SMILES string of the molecule is CCCCNC(=O)c1cc(COc2ccc(NC(=O)CC(C)C)cc2)on1. The molecule has 0 atom stereocenters. The van der Waals surface area contributed by atoms with Crippen molar-refractivity contribution in [1.82, 2.24) is 10.5 Å². The first-order chi connectivity index (χ1) is 13.0. The number of unbranched alkanes of at least 4 members (excludes halogenated alkanes) is 1. The van der Waals surface area contributed by atoms with Crippen LogP contribution in [-0.2, 0) is 11.4 Å². The van der Waals surface area contributed by atoms with Gasteiger partial charge in [0.1, 0.15) is 12.4 Å². The first-order valence-electron chi connectivity index (χ1n) is 9.24. The molecule has 0 saturated carbocycles. The van der Waals surface area contributed by atoms with Crippen LogP contribution in [0.1, 0.15) is 56.3 Å². The summed E-state index contributed by atoms with van der Waals surface area (Å²) in [6.45, 7) is 6.84. The molecule has 7 heteroatoms. The molecule has 0 fully saturated rings. The Balaban J connectivity index is 1.81. The van der Waals surface area contributed by atoms with Crippen molar-refractivity contribution in [2.75, 3.05) is 11.9 Å². The lowest BCUT2D eigenvalue weighted by Gasteiger charge is -2.08. The Morgan fingerprint density at radius 3 is 2.63 bits per heavy atom. The Bertz CT molecular complexity index is 738. The zero-order valence-electron chi connectivity index (χ0n) is 16.1. The molecule has 0 aliphatic heterocycles. The van der Waals surface area contributed by atoms with Gasteiger partial charge in [-0.25, -0.2) is 0 Å². The first kappa shape index (κ1) is 20.5. The maximum atomic E-state index is 11.9. The van der Waals surface area contributed by atoms with Gasteiger partial charge >= 0.3 is 0 Å². The molecule has 0 bridgehead atoms. The fraction of sp³-hybridized carbons (Fsp3) is 0.450. The van der Waals surface area contributed by atoms with Gasteiger partial charge in [0.05, 0.1) is 0 Å². The Kier molecular flexibility index (Phi) is 7.85. The van der Waals surface area contributed by atoms with Crippen molar-refractivity contribution in [2.45, 2.75) is 46.6 Å². The number of hydrogen-bond acceptors (Lipinski definition) is 5. The van der Waals surface area contributed by atoms with Crippen LogP contribution in [0.15, 0.2) is 34.9 Å². The second kappa shape index (κ2) is 10.4. The molecule has 2 N–H and O–H groups in total. The van der Waals surface area contributed by atoms with Gasteiger partial charge in [0.2, 0.25) is 5.91 Å². The molecule has 2 rings (SSSR count). The molecule has 2 aromatic rings. The third-order valence-corrected chi connectivity index (χ3v) is 3.72. The van der Waals surface area contributed by atoms with Crippen molar-refractivity contribution in [2.24, 2.45) is 5.92 Å². The molecular formula is C20H27N3O4. The fourth-order valence-corrected chi connectivity index (χ4v) is 2.33. The van der Waals surface area contributed by atoms with Gasteiger partial charge in [-0.05, 0) is 36.6 Å². The maximum absolute atomic E-state index is 11.9. The maximum Gasteiger partial charge on any atom is 0.273 e. The van der Waals surface area contributed by atoms with Gasteiger partial charge in [-0.2, -0.15) is 0 Å². The van der Waals surface area contributed by atoms with Crippen molar-refractivity contribution in [1.29, 1.82) is 0 Å². The topological polar surface area (TPSA) is 93.5 Å². The lowest BCUT2D eigenvalue weighted by molar-refractivity contribution is -0.116. The van der Waals surface area contributed by atoms with Crippen LogP contribution in [-0.4, -0.2) is 23.5 Å². The molecular weight excluding hydrogens is 346 g/mol. The van der Waals surface area contributed by atoms with Crippen LogP contribution in [0, 0.1) is 5.92 Å². The number of rotatable bonds is 10. The van der Waals surface area contributed by atoms with E-state index in [9.17, 15) is 9.59 Å². The quantitative estimate of drug-likeness (QED) is 0.618. The summed E-state index contributed by atoms with van der Waals surface area (Å²) in [5, 5.41) is 9.39. The van der Waals surface area contributed by atoms with Crippen LogP contribution in [0.5, 0.6) is 5.75 Å². The number of aromatic nitrogens is 1. The number of anilines is 1. The molecule has 27 heavy (non-hydrogen) atoms. The van der Waals surface area contributed by atoms with Crippen molar-refractivity contribution in [3.63, 3.8) is 0 Å². The van der Waals surface area contributed by atoms with Gasteiger partial charge in [-0.15, -0.1) is 0 Å². The van der Waals surface area contributed by atoms with Crippen LogP contribution in [0.3, 0.4) is 0 Å². The average molecular weight is 373 g/mol. The summed E-state index contributed by atoms with van der Waals surface area (Å²) in [5.74, 6) is 1.14. The van der Waals surface area contributed by atoms with E-state index >= 15 is 0 Å². The number of ether oxygens (including phenoxy) is 1. The molecule has 0 spiro atoms. The third kappa shape index (κ3) is 7.13. The number of nitrogens with zero attached hydrogens (tertiary/aromatic N) is 1. The molecule has 146 valence electrons. The van der Waals surface area contributed by atoms with Crippen molar-refractivity contribution >= 4 is 17.5 Å². The van der Waals surface area contributed by atoms with Crippen LogP contribution in [0.25, 0.3) is 0 Å². The minimum absolute atomic E-state index is 0.00919. The Morgan fingerprint density at radius 2 is 1.96 bits per heavy atom. The number of benzene rings is 1. The van der Waals surface area contributed by atoms with E-state index in [1.807, 2.05) is 13.8 Å². The number of nitrogens with one attached hydrogen (secondary N) is 2. The van der Waals surface area contributed by atoms with Crippen LogP contribution in [0.4, 0.5) is 5.69 Å². The highest BCUT2D eigenvalue weighted by Crippen LogP contribution is 2.18. The normalized spacial score (nSPS) is 10.7. The number of hydrogen-bond donors (Lipinski definition) is 2. The number of amides is 2. The summed E-state index contributed by atoms with van der Waals surface area (Å²) in [6, 6.07) is 8.66. The van der Waals surface area contributed by atoms with Crippen LogP contribution >= 0.6 is 0 Å². The Hall–Kier alpha value is -2.83. The lowest BCUT2D eigenvalue weighted by Crippen LogP contribution is -2.24. The zero-order valence-corrected chi connectivity index (χ0v) is 16.1. The Labute approximate surface area is 159 Å².